The zero-order valence-corrected chi connectivity index (χ0v) is 16.3. The van der Waals surface area contributed by atoms with E-state index in [-0.39, 0.29) is 24.0 Å². The maximum Gasteiger partial charge on any atom is 0.191 e. The summed E-state index contributed by atoms with van der Waals surface area (Å²) in [6.45, 7) is 10.2. The molecule has 7 heteroatoms. The van der Waals surface area contributed by atoms with Gasteiger partial charge in [-0.05, 0) is 27.2 Å². The summed E-state index contributed by atoms with van der Waals surface area (Å²) in [6, 6.07) is 0. The first-order valence-corrected chi connectivity index (χ1v) is 8.09. The van der Waals surface area contributed by atoms with Crippen molar-refractivity contribution < 1.29 is 4.74 Å². The van der Waals surface area contributed by atoms with Crippen LogP contribution in [0.4, 0.5) is 0 Å². The van der Waals surface area contributed by atoms with Gasteiger partial charge >= 0.3 is 0 Å². The van der Waals surface area contributed by atoms with E-state index in [0.717, 1.165) is 51.6 Å². The summed E-state index contributed by atoms with van der Waals surface area (Å²) >= 11 is 1.75. The van der Waals surface area contributed by atoms with E-state index in [1.165, 1.54) is 9.88 Å². The van der Waals surface area contributed by atoms with Crippen molar-refractivity contribution in [2.24, 2.45) is 4.99 Å². The number of aryl methyl sites for hydroxylation is 1. The summed E-state index contributed by atoms with van der Waals surface area (Å²) in [5, 5.41) is 7.75. The normalized spacial score (nSPS) is 11.1. The molecule has 2 N–H and O–H groups in total. The molecular formula is C14H27IN4OS. The van der Waals surface area contributed by atoms with E-state index in [9.17, 15) is 0 Å². The Kier molecular flexibility index (Phi) is 13.0. The van der Waals surface area contributed by atoms with Crippen LogP contribution in [0.5, 0.6) is 0 Å². The zero-order chi connectivity index (χ0) is 14.6. The van der Waals surface area contributed by atoms with Gasteiger partial charge in [-0.15, -0.1) is 35.3 Å². The third kappa shape index (κ3) is 10.0. The van der Waals surface area contributed by atoms with Gasteiger partial charge in [0.15, 0.2) is 5.96 Å². The lowest BCUT2D eigenvalue weighted by molar-refractivity contribution is 0.146. The zero-order valence-electron chi connectivity index (χ0n) is 13.1. The molecule has 1 rings (SSSR count). The topological polar surface area (TPSA) is 58.5 Å². The van der Waals surface area contributed by atoms with Crippen molar-refractivity contribution in [3.05, 3.63) is 16.1 Å². The number of hydrogen-bond donors (Lipinski definition) is 2. The minimum absolute atomic E-state index is 0. The van der Waals surface area contributed by atoms with Crippen LogP contribution in [0.25, 0.3) is 0 Å². The lowest BCUT2D eigenvalue weighted by Crippen LogP contribution is -2.38. The molecule has 0 bridgehead atoms. The van der Waals surface area contributed by atoms with Crippen LogP contribution in [0.3, 0.4) is 0 Å². The Morgan fingerprint density at radius 2 is 2.19 bits per heavy atom. The second-order valence-electron chi connectivity index (χ2n) is 4.35. The van der Waals surface area contributed by atoms with Gasteiger partial charge in [-0.25, -0.2) is 4.98 Å². The maximum absolute atomic E-state index is 5.30. The predicted octanol–water partition coefficient (Wildman–Crippen LogP) is 2.59. The first-order valence-electron chi connectivity index (χ1n) is 7.27. The Hall–Kier alpha value is -0.410. The Morgan fingerprint density at radius 1 is 1.38 bits per heavy atom. The molecular weight excluding hydrogens is 399 g/mol. The van der Waals surface area contributed by atoms with Gasteiger partial charge in [0.05, 0.1) is 5.01 Å². The quantitative estimate of drug-likeness (QED) is 0.276. The second kappa shape index (κ2) is 13.3. The van der Waals surface area contributed by atoms with E-state index in [0.29, 0.717) is 0 Å². The van der Waals surface area contributed by atoms with Crippen LogP contribution in [-0.2, 0) is 11.2 Å². The van der Waals surface area contributed by atoms with Crippen molar-refractivity contribution in [3.63, 3.8) is 0 Å². The monoisotopic (exact) mass is 426 g/mol. The highest BCUT2D eigenvalue weighted by Crippen LogP contribution is 2.10. The largest absolute Gasteiger partial charge is 0.382 e. The first-order chi connectivity index (χ1) is 9.76. The van der Waals surface area contributed by atoms with Crippen LogP contribution < -0.4 is 10.6 Å². The Morgan fingerprint density at radius 3 is 2.81 bits per heavy atom. The van der Waals surface area contributed by atoms with Crippen LogP contribution in [0.2, 0.25) is 0 Å². The molecule has 0 aliphatic carbocycles. The number of nitrogens with one attached hydrogen (secondary N) is 2. The molecule has 0 aromatic carbocycles. The fourth-order valence-corrected chi connectivity index (χ4v) is 2.44. The standard InChI is InChI=1S/C14H26N4OS.HI/c1-4-15-14(16-8-6-10-19-5-2)17-9-7-13-18-11-12(3)20-13;/h11H,4-10H2,1-3H3,(H2,15,16,17);1H. The van der Waals surface area contributed by atoms with Crippen molar-refractivity contribution in [2.75, 3.05) is 32.8 Å². The van der Waals surface area contributed by atoms with Gasteiger partial charge in [0.1, 0.15) is 0 Å². The summed E-state index contributed by atoms with van der Waals surface area (Å²) < 4.78 is 5.30. The molecule has 1 heterocycles. The summed E-state index contributed by atoms with van der Waals surface area (Å²) in [6.07, 6.45) is 3.81. The van der Waals surface area contributed by atoms with Gasteiger partial charge in [0.25, 0.3) is 0 Å². The van der Waals surface area contributed by atoms with Crippen LogP contribution in [0.15, 0.2) is 11.2 Å². The fraction of sp³-hybridized carbons (Fsp3) is 0.714. The van der Waals surface area contributed by atoms with E-state index in [1.807, 2.05) is 13.1 Å². The number of nitrogens with zero attached hydrogens (tertiary/aromatic N) is 2. The molecule has 122 valence electrons. The number of ether oxygens (including phenoxy) is 1. The molecule has 1 aromatic heterocycles. The van der Waals surface area contributed by atoms with E-state index in [4.69, 9.17) is 4.74 Å². The minimum Gasteiger partial charge on any atom is -0.382 e. The number of rotatable bonds is 9. The Labute approximate surface area is 149 Å². The molecule has 0 saturated carbocycles. The number of thiazole rings is 1. The van der Waals surface area contributed by atoms with Gasteiger partial charge in [0.2, 0.25) is 0 Å². The molecule has 0 aliphatic heterocycles. The molecule has 0 radical (unpaired) electrons. The molecule has 21 heavy (non-hydrogen) atoms. The third-order valence-electron chi connectivity index (χ3n) is 2.57. The molecule has 0 amide bonds. The number of hydrogen-bond acceptors (Lipinski definition) is 4. The molecule has 0 spiro atoms. The van der Waals surface area contributed by atoms with Crippen LogP contribution in [0.1, 0.15) is 30.2 Å². The number of aromatic nitrogens is 1. The molecule has 0 fully saturated rings. The van der Waals surface area contributed by atoms with Crippen molar-refractivity contribution in [1.29, 1.82) is 0 Å². The van der Waals surface area contributed by atoms with E-state index in [2.05, 4.69) is 34.5 Å². The van der Waals surface area contributed by atoms with Gasteiger partial charge in [-0.3, -0.25) is 4.99 Å². The van der Waals surface area contributed by atoms with E-state index < -0.39 is 0 Å². The van der Waals surface area contributed by atoms with Crippen molar-refractivity contribution in [3.8, 4) is 0 Å². The lowest BCUT2D eigenvalue weighted by Gasteiger charge is -2.10. The van der Waals surface area contributed by atoms with Gasteiger partial charge in [-0.1, -0.05) is 0 Å². The highest BCUT2D eigenvalue weighted by Gasteiger charge is 2.00. The predicted molar refractivity (Wildman–Crippen MR) is 101 cm³/mol. The summed E-state index contributed by atoms with van der Waals surface area (Å²) in [7, 11) is 0. The molecule has 0 aliphatic rings. The number of aliphatic imine (C=N–C) groups is 1. The first kappa shape index (κ1) is 20.6. The van der Waals surface area contributed by atoms with Crippen molar-refractivity contribution in [2.45, 2.75) is 33.6 Å². The van der Waals surface area contributed by atoms with Gasteiger partial charge in [-0.2, -0.15) is 0 Å². The van der Waals surface area contributed by atoms with Crippen LogP contribution in [0, 0.1) is 6.92 Å². The lowest BCUT2D eigenvalue weighted by atomic mass is 10.4. The molecule has 1 aromatic rings. The summed E-state index contributed by atoms with van der Waals surface area (Å²) in [4.78, 5) is 10.1. The number of guanidine groups is 1. The van der Waals surface area contributed by atoms with E-state index in [1.54, 1.807) is 11.3 Å². The van der Waals surface area contributed by atoms with E-state index >= 15 is 0 Å². The van der Waals surface area contributed by atoms with Gasteiger partial charge in [0, 0.05) is 50.3 Å². The van der Waals surface area contributed by atoms with Crippen LogP contribution in [-0.4, -0.2) is 43.8 Å². The molecule has 0 atom stereocenters. The average molecular weight is 426 g/mol. The fourth-order valence-electron chi connectivity index (χ4n) is 1.65. The Balaban J connectivity index is 0.00000400. The molecule has 0 saturated heterocycles. The highest BCUT2D eigenvalue weighted by molar-refractivity contribution is 14.0. The number of halogens is 1. The second-order valence-corrected chi connectivity index (χ2v) is 5.67. The SMILES string of the molecule is CCNC(=NCCCOCC)NCCc1ncc(C)s1.I. The minimum atomic E-state index is 0. The van der Waals surface area contributed by atoms with Gasteiger partial charge < -0.3 is 15.4 Å². The average Bonchev–Trinajstić information content (AvgIpc) is 2.84. The maximum atomic E-state index is 5.30. The molecule has 5 nitrogen and oxygen atoms in total. The summed E-state index contributed by atoms with van der Waals surface area (Å²) in [5.41, 5.74) is 0. The smallest absolute Gasteiger partial charge is 0.191 e. The van der Waals surface area contributed by atoms with Crippen LogP contribution >= 0.6 is 35.3 Å². The van der Waals surface area contributed by atoms with Crippen molar-refractivity contribution in [1.82, 2.24) is 15.6 Å². The summed E-state index contributed by atoms with van der Waals surface area (Å²) in [5.74, 6) is 0.872. The highest BCUT2D eigenvalue weighted by atomic mass is 127. The van der Waals surface area contributed by atoms with Crippen molar-refractivity contribution >= 4 is 41.3 Å². The Bertz CT molecular complexity index is 398. The molecule has 0 unspecified atom stereocenters. The third-order valence-corrected chi connectivity index (χ3v) is 3.54.